The van der Waals surface area contributed by atoms with Crippen molar-refractivity contribution in [1.29, 1.82) is 0 Å². The first-order chi connectivity index (χ1) is 9.99. The first kappa shape index (κ1) is 14.5. The molecule has 0 atom stereocenters. The van der Waals surface area contributed by atoms with E-state index in [0.717, 1.165) is 16.1 Å². The summed E-state index contributed by atoms with van der Waals surface area (Å²) in [6.45, 7) is 1.30. The fraction of sp³-hybridized carbons (Fsp3) is 0.231. The number of hydrogen-bond donors (Lipinski definition) is 2. The van der Waals surface area contributed by atoms with E-state index in [0.29, 0.717) is 0 Å². The maximum absolute atomic E-state index is 11.8. The second kappa shape index (κ2) is 6.04. The van der Waals surface area contributed by atoms with Crippen LogP contribution < -0.4 is 20.9 Å². The van der Waals surface area contributed by atoms with Crippen LogP contribution in [0.1, 0.15) is 6.92 Å². The van der Waals surface area contributed by atoms with Crippen molar-refractivity contribution in [2.24, 2.45) is 7.05 Å². The standard InChI is InChI=1S/C13H15N5O3/c1-8(19)14-11-12(20)18(2)17-13(16-11)15-9-4-6-10(21-3)7-5-9/h4-7H,1-3H3,(H2,14,15,16,17,19). The number of benzene rings is 1. The molecule has 0 saturated carbocycles. The van der Waals surface area contributed by atoms with E-state index in [2.05, 4.69) is 20.7 Å². The molecule has 110 valence electrons. The molecule has 0 spiro atoms. The number of carbonyl (C=O) groups excluding carboxylic acids is 1. The third-order valence-corrected chi connectivity index (χ3v) is 2.60. The van der Waals surface area contributed by atoms with Crippen LogP contribution in [0.3, 0.4) is 0 Å². The minimum absolute atomic E-state index is 0.0731. The predicted octanol–water partition coefficient (Wildman–Crippen LogP) is 0.886. The Labute approximate surface area is 120 Å². The number of amides is 1. The Balaban J connectivity index is 2.28. The number of nitrogens with zero attached hydrogens (tertiary/aromatic N) is 3. The molecule has 0 aliphatic carbocycles. The average molecular weight is 289 g/mol. The van der Waals surface area contributed by atoms with Crippen molar-refractivity contribution in [2.75, 3.05) is 17.7 Å². The zero-order valence-electron chi connectivity index (χ0n) is 11.9. The summed E-state index contributed by atoms with van der Waals surface area (Å²) < 4.78 is 6.17. The summed E-state index contributed by atoms with van der Waals surface area (Å²) in [5, 5.41) is 9.30. The summed E-state index contributed by atoms with van der Waals surface area (Å²) in [6, 6.07) is 7.12. The topological polar surface area (TPSA) is 98.1 Å². The molecule has 2 rings (SSSR count). The van der Waals surface area contributed by atoms with Crippen LogP contribution >= 0.6 is 0 Å². The lowest BCUT2D eigenvalue weighted by atomic mass is 10.3. The summed E-state index contributed by atoms with van der Waals surface area (Å²) >= 11 is 0. The average Bonchev–Trinajstić information content (AvgIpc) is 2.44. The van der Waals surface area contributed by atoms with E-state index in [1.165, 1.54) is 14.0 Å². The van der Waals surface area contributed by atoms with E-state index >= 15 is 0 Å². The monoisotopic (exact) mass is 289 g/mol. The number of aryl methyl sites for hydroxylation is 1. The number of anilines is 3. The Kier molecular flexibility index (Phi) is 4.17. The quantitative estimate of drug-likeness (QED) is 0.867. The third kappa shape index (κ3) is 3.56. The van der Waals surface area contributed by atoms with Crippen molar-refractivity contribution < 1.29 is 9.53 Å². The number of ether oxygens (including phenoxy) is 1. The molecule has 2 aromatic rings. The van der Waals surface area contributed by atoms with E-state index < -0.39 is 5.56 Å². The van der Waals surface area contributed by atoms with Gasteiger partial charge in [-0.1, -0.05) is 0 Å². The second-order valence-electron chi connectivity index (χ2n) is 4.25. The highest BCUT2D eigenvalue weighted by molar-refractivity contribution is 5.87. The van der Waals surface area contributed by atoms with Crippen LogP contribution in [-0.4, -0.2) is 27.8 Å². The molecule has 0 aliphatic heterocycles. The smallest absolute Gasteiger partial charge is 0.309 e. The maximum atomic E-state index is 11.8. The lowest BCUT2D eigenvalue weighted by Gasteiger charge is -2.09. The van der Waals surface area contributed by atoms with Gasteiger partial charge >= 0.3 is 5.56 Å². The maximum Gasteiger partial charge on any atom is 0.309 e. The highest BCUT2D eigenvalue weighted by atomic mass is 16.5. The third-order valence-electron chi connectivity index (χ3n) is 2.60. The van der Waals surface area contributed by atoms with Gasteiger partial charge in [-0.15, -0.1) is 5.10 Å². The van der Waals surface area contributed by atoms with Gasteiger partial charge in [0, 0.05) is 19.7 Å². The van der Waals surface area contributed by atoms with E-state index in [-0.39, 0.29) is 17.7 Å². The van der Waals surface area contributed by atoms with Crippen LogP contribution in [0.15, 0.2) is 29.1 Å². The van der Waals surface area contributed by atoms with Gasteiger partial charge in [0.25, 0.3) is 0 Å². The number of aromatic nitrogens is 3. The van der Waals surface area contributed by atoms with Gasteiger partial charge in [-0.3, -0.25) is 9.59 Å². The summed E-state index contributed by atoms with van der Waals surface area (Å²) in [5.74, 6) is 0.476. The molecule has 0 unspecified atom stereocenters. The van der Waals surface area contributed by atoms with E-state index in [4.69, 9.17) is 4.74 Å². The highest BCUT2D eigenvalue weighted by Gasteiger charge is 2.09. The van der Waals surface area contributed by atoms with Crippen LogP contribution in [0.4, 0.5) is 17.5 Å². The lowest BCUT2D eigenvalue weighted by molar-refractivity contribution is -0.114. The van der Waals surface area contributed by atoms with Crippen molar-refractivity contribution in [2.45, 2.75) is 6.92 Å². The molecule has 0 radical (unpaired) electrons. The number of nitrogens with one attached hydrogen (secondary N) is 2. The minimum Gasteiger partial charge on any atom is -0.497 e. The Morgan fingerprint density at radius 2 is 1.95 bits per heavy atom. The molecule has 1 amide bonds. The van der Waals surface area contributed by atoms with Crippen LogP contribution in [0, 0.1) is 0 Å². The molecule has 21 heavy (non-hydrogen) atoms. The molecular weight excluding hydrogens is 274 g/mol. The zero-order valence-corrected chi connectivity index (χ0v) is 11.9. The van der Waals surface area contributed by atoms with Crippen molar-refractivity contribution >= 4 is 23.4 Å². The van der Waals surface area contributed by atoms with E-state index in [1.807, 2.05) is 0 Å². The lowest BCUT2D eigenvalue weighted by Crippen LogP contribution is -2.27. The molecule has 0 fully saturated rings. The highest BCUT2D eigenvalue weighted by Crippen LogP contribution is 2.17. The van der Waals surface area contributed by atoms with Gasteiger partial charge in [0.15, 0.2) is 0 Å². The van der Waals surface area contributed by atoms with Gasteiger partial charge in [0.1, 0.15) is 5.75 Å². The van der Waals surface area contributed by atoms with Crippen LogP contribution in [0.5, 0.6) is 5.75 Å². The summed E-state index contributed by atoms with van der Waals surface area (Å²) in [5.41, 5.74) is 0.244. The van der Waals surface area contributed by atoms with Crippen molar-refractivity contribution in [3.63, 3.8) is 0 Å². The van der Waals surface area contributed by atoms with Crippen molar-refractivity contribution in [3.05, 3.63) is 34.6 Å². The number of hydrogen-bond acceptors (Lipinski definition) is 6. The summed E-state index contributed by atoms with van der Waals surface area (Å²) in [7, 11) is 3.06. The zero-order chi connectivity index (χ0) is 15.4. The molecule has 1 heterocycles. The van der Waals surface area contributed by atoms with Gasteiger partial charge < -0.3 is 15.4 Å². The molecule has 0 aliphatic rings. The van der Waals surface area contributed by atoms with Gasteiger partial charge in [0.2, 0.25) is 17.7 Å². The number of carbonyl (C=O) groups is 1. The summed E-state index contributed by atoms with van der Waals surface area (Å²) in [6.07, 6.45) is 0. The molecule has 1 aromatic heterocycles. The molecule has 8 heteroatoms. The Morgan fingerprint density at radius 3 is 2.52 bits per heavy atom. The fourth-order valence-electron chi connectivity index (χ4n) is 1.62. The van der Waals surface area contributed by atoms with Crippen molar-refractivity contribution in [1.82, 2.24) is 14.8 Å². The van der Waals surface area contributed by atoms with Crippen LogP contribution in [-0.2, 0) is 11.8 Å². The van der Waals surface area contributed by atoms with E-state index in [9.17, 15) is 9.59 Å². The Morgan fingerprint density at radius 1 is 1.29 bits per heavy atom. The molecule has 2 N–H and O–H groups in total. The molecule has 8 nitrogen and oxygen atoms in total. The van der Waals surface area contributed by atoms with Gasteiger partial charge in [-0.25, -0.2) is 4.68 Å². The van der Waals surface area contributed by atoms with Gasteiger partial charge in [0.05, 0.1) is 7.11 Å². The van der Waals surface area contributed by atoms with Crippen LogP contribution in [0.2, 0.25) is 0 Å². The molecular formula is C13H15N5O3. The predicted molar refractivity (Wildman–Crippen MR) is 77.9 cm³/mol. The number of rotatable bonds is 4. The van der Waals surface area contributed by atoms with Gasteiger partial charge in [-0.2, -0.15) is 4.98 Å². The first-order valence-electron chi connectivity index (χ1n) is 6.13. The molecule has 0 saturated heterocycles. The minimum atomic E-state index is -0.481. The fourth-order valence-corrected chi connectivity index (χ4v) is 1.62. The molecule has 0 bridgehead atoms. The SMILES string of the molecule is COc1ccc(Nc2nc(NC(C)=O)c(=O)n(C)n2)cc1. The van der Waals surface area contributed by atoms with Crippen LogP contribution in [0.25, 0.3) is 0 Å². The Hall–Kier alpha value is -2.90. The van der Waals surface area contributed by atoms with E-state index in [1.54, 1.807) is 31.4 Å². The van der Waals surface area contributed by atoms with Gasteiger partial charge in [-0.05, 0) is 24.3 Å². The number of methoxy groups -OCH3 is 1. The Bertz CT molecular complexity index is 709. The van der Waals surface area contributed by atoms with Crippen molar-refractivity contribution in [3.8, 4) is 5.75 Å². The first-order valence-corrected chi connectivity index (χ1v) is 6.13. The largest absolute Gasteiger partial charge is 0.497 e. The normalized spacial score (nSPS) is 10.0. The molecule has 1 aromatic carbocycles. The second-order valence-corrected chi connectivity index (χ2v) is 4.25. The summed E-state index contributed by atoms with van der Waals surface area (Å²) in [4.78, 5) is 26.8.